The van der Waals surface area contributed by atoms with Gasteiger partial charge in [-0.1, -0.05) is 0 Å². The van der Waals surface area contributed by atoms with Gasteiger partial charge in [0, 0.05) is 12.3 Å². The second-order valence-corrected chi connectivity index (χ2v) is 1.67. The van der Waals surface area contributed by atoms with Gasteiger partial charge in [0.2, 0.25) is 5.88 Å². The molecule has 0 spiro atoms. The van der Waals surface area contributed by atoms with E-state index in [2.05, 4.69) is 5.43 Å². The standard InChI is InChI=1S/C6H10N2O2/c1-9-6-4-3-5-7-8(6)10-2/h3-5,7H,1-2H3. The van der Waals surface area contributed by atoms with Crippen LogP contribution in [0.15, 0.2) is 24.2 Å². The summed E-state index contributed by atoms with van der Waals surface area (Å²) in [5.74, 6) is 0.630. The van der Waals surface area contributed by atoms with Crippen LogP contribution in [0.25, 0.3) is 0 Å². The third kappa shape index (κ3) is 1.22. The van der Waals surface area contributed by atoms with Gasteiger partial charge in [0.25, 0.3) is 0 Å². The second-order valence-electron chi connectivity index (χ2n) is 1.67. The van der Waals surface area contributed by atoms with Gasteiger partial charge in [-0.05, 0) is 6.08 Å². The van der Waals surface area contributed by atoms with Crippen LogP contribution < -0.4 is 5.43 Å². The van der Waals surface area contributed by atoms with Gasteiger partial charge in [0.15, 0.2) is 0 Å². The van der Waals surface area contributed by atoms with Crippen LogP contribution in [0.2, 0.25) is 0 Å². The number of ether oxygens (including phenoxy) is 1. The van der Waals surface area contributed by atoms with Crippen molar-refractivity contribution in [2.24, 2.45) is 0 Å². The SMILES string of the molecule is COC1=CC=CNN1OC. The Balaban J connectivity index is 2.61. The zero-order valence-electron chi connectivity index (χ0n) is 6.00. The third-order valence-electron chi connectivity index (χ3n) is 1.12. The van der Waals surface area contributed by atoms with E-state index >= 15 is 0 Å². The number of allylic oxidation sites excluding steroid dienone is 2. The number of hydroxylamine groups is 1. The van der Waals surface area contributed by atoms with E-state index in [1.807, 2.05) is 6.08 Å². The number of rotatable bonds is 2. The molecule has 1 rings (SSSR count). The minimum Gasteiger partial charge on any atom is -0.480 e. The predicted octanol–water partition coefficient (Wildman–Crippen LogP) is 0.369. The highest BCUT2D eigenvalue weighted by Crippen LogP contribution is 2.05. The molecule has 56 valence electrons. The Morgan fingerprint density at radius 2 is 2.30 bits per heavy atom. The molecule has 0 aromatic carbocycles. The van der Waals surface area contributed by atoms with Crippen LogP contribution >= 0.6 is 0 Å². The molecule has 0 unspecified atom stereocenters. The minimum absolute atomic E-state index is 0.630. The van der Waals surface area contributed by atoms with Crippen molar-refractivity contribution >= 4 is 0 Å². The van der Waals surface area contributed by atoms with Gasteiger partial charge >= 0.3 is 0 Å². The van der Waals surface area contributed by atoms with Crippen LogP contribution in [0.1, 0.15) is 0 Å². The molecule has 0 aliphatic carbocycles. The van der Waals surface area contributed by atoms with E-state index < -0.39 is 0 Å². The van der Waals surface area contributed by atoms with Crippen molar-refractivity contribution in [2.45, 2.75) is 0 Å². The summed E-state index contributed by atoms with van der Waals surface area (Å²) in [7, 11) is 3.14. The molecule has 0 atom stereocenters. The highest BCUT2D eigenvalue weighted by molar-refractivity contribution is 5.08. The third-order valence-corrected chi connectivity index (χ3v) is 1.12. The molecule has 0 aromatic rings. The Kier molecular flexibility index (Phi) is 2.17. The fourth-order valence-corrected chi connectivity index (χ4v) is 0.666. The molecule has 0 saturated heterocycles. The molecule has 1 aliphatic heterocycles. The molecule has 4 nitrogen and oxygen atoms in total. The average Bonchev–Trinajstić information content (AvgIpc) is 2.04. The van der Waals surface area contributed by atoms with Crippen molar-refractivity contribution < 1.29 is 9.57 Å². The van der Waals surface area contributed by atoms with Crippen LogP contribution in [0.4, 0.5) is 0 Å². The fourth-order valence-electron chi connectivity index (χ4n) is 0.666. The number of nitrogens with one attached hydrogen (secondary N) is 1. The van der Waals surface area contributed by atoms with E-state index in [1.165, 1.54) is 5.17 Å². The molecule has 1 N–H and O–H groups in total. The lowest BCUT2D eigenvalue weighted by Crippen LogP contribution is -2.34. The van der Waals surface area contributed by atoms with E-state index in [9.17, 15) is 0 Å². The maximum atomic E-state index is 4.94. The molecular formula is C6H10N2O2. The topological polar surface area (TPSA) is 33.7 Å². The maximum Gasteiger partial charge on any atom is 0.234 e. The number of hydrazine groups is 1. The molecule has 0 aromatic heterocycles. The quantitative estimate of drug-likeness (QED) is 0.604. The maximum absolute atomic E-state index is 4.94. The van der Waals surface area contributed by atoms with Crippen LogP contribution in [0.5, 0.6) is 0 Å². The summed E-state index contributed by atoms with van der Waals surface area (Å²) >= 11 is 0. The van der Waals surface area contributed by atoms with Gasteiger partial charge in [-0.2, -0.15) is 0 Å². The summed E-state index contributed by atoms with van der Waals surface area (Å²) in [4.78, 5) is 4.87. The second kappa shape index (κ2) is 3.12. The predicted molar refractivity (Wildman–Crippen MR) is 36.2 cm³/mol. The molecule has 4 heteroatoms. The molecule has 1 heterocycles. The minimum atomic E-state index is 0.630. The average molecular weight is 142 g/mol. The fraction of sp³-hybridized carbons (Fsp3) is 0.333. The van der Waals surface area contributed by atoms with Gasteiger partial charge in [-0.3, -0.25) is 10.3 Å². The summed E-state index contributed by atoms with van der Waals surface area (Å²) in [5, 5.41) is 1.42. The summed E-state index contributed by atoms with van der Waals surface area (Å²) in [5.41, 5.74) is 2.81. The van der Waals surface area contributed by atoms with Gasteiger partial charge in [-0.15, -0.1) is 5.17 Å². The number of hydrogen-bond donors (Lipinski definition) is 1. The van der Waals surface area contributed by atoms with E-state index in [4.69, 9.17) is 9.57 Å². The van der Waals surface area contributed by atoms with Crippen molar-refractivity contribution in [1.82, 2.24) is 10.6 Å². The molecule has 1 aliphatic rings. The largest absolute Gasteiger partial charge is 0.480 e. The van der Waals surface area contributed by atoms with Crippen molar-refractivity contribution in [1.29, 1.82) is 0 Å². The smallest absolute Gasteiger partial charge is 0.234 e. The zero-order chi connectivity index (χ0) is 7.40. The normalized spacial score (nSPS) is 16.2. The van der Waals surface area contributed by atoms with Crippen molar-refractivity contribution in [3.05, 3.63) is 24.2 Å². The Morgan fingerprint density at radius 3 is 2.80 bits per heavy atom. The van der Waals surface area contributed by atoms with E-state index in [-0.39, 0.29) is 0 Å². The Labute approximate surface area is 59.6 Å². The van der Waals surface area contributed by atoms with Gasteiger partial charge < -0.3 is 4.74 Å². The first kappa shape index (κ1) is 6.95. The van der Waals surface area contributed by atoms with Crippen molar-refractivity contribution in [2.75, 3.05) is 14.2 Å². The lowest BCUT2D eigenvalue weighted by atomic mass is 10.5. The zero-order valence-corrected chi connectivity index (χ0v) is 6.00. The molecule has 0 fully saturated rings. The molecule has 0 radical (unpaired) electrons. The van der Waals surface area contributed by atoms with Crippen LogP contribution in [-0.4, -0.2) is 19.4 Å². The summed E-state index contributed by atoms with van der Waals surface area (Å²) < 4.78 is 4.94. The molecule has 10 heavy (non-hydrogen) atoms. The molecule has 0 amide bonds. The van der Waals surface area contributed by atoms with Gasteiger partial charge in [-0.25, -0.2) is 0 Å². The lowest BCUT2D eigenvalue weighted by Gasteiger charge is -2.23. The van der Waals surface area contributed by atoms with E-state index in [0.29, 0.717) is 5.88 Å². The van der Waals surface area contributed by atoms with Crippen molar-refractivity contribution in [3.63, 3.8) is 0 Å². The lowest BCUT2D eigenvalue weighted by molar-refractivity contribution is -0.165. The molecular weight excluding hydrogens is 132 g/mol. The first-order chi connectivity index (χ1) is 4.88. The monoisotopic (exact) mass is 142 g/mol. The van der Waals surface area contributed by atoms with Crippen molar-refractivity contribution in [3.8, 4) is 0 Å². The number of methoxy groups -OCH3 is 1. The summed E-state index contributed by atoms with van der Waals surface area (Å²) in [6.45, 7) is 0. The first-order valence-corrected chi connectivity index (χ1v) is 2.89. The van der Waals surface area contributed by atoms with Gasteiger partial charge in [0.1, 0.15) is 0 Å². The first-order valence-electron chi connectivity index (χ1n) is 2.89. The Morgan fingerprint density at radius 1 is 1.50 bits per heavy atom. The van der Waals surface area contributed by atoms with Crippen LogP contribution in [0.3, 0.4) is 0 Å². The Bertz CT molecular complexity index is 165. The molecule has 0 saturated carbocycles. The van der Waals surface area contributed by atoms with Gasteiger partial charge in [0.05, 0.1) is 14.2 Å². The Hall–Kier alpha value is -1.16. The summed E-state index contributed by atoms with van der Waals surface area (Å²) in [6.07, 6.45) is 5.36. The van der Waals surface area contributed by atoms with E-state index in [1.54, 1.807) is 26.5 Å². The highest BCUT2D eigenvalue weighted by atomic mass is 16.7. The van der Waals surface area contributed by atoms with Crippen LogP contribution in [0, 0.1) is 0 Å². The summed E-state index contributed by atoms with van der Waals surface area (Å²) in [6, 6.07) is 0. The molecule has 0 bridgehead atoms. The highest BCUT2D eigenvalue weighted by Gasteiger charge is 2.07. The number of hydrogen-bond acceptors (Lipinski definition) is 4. The van der Waals surface area contributed by atoms with Crippen LogP contribution in [-0.2, 0) is 9.57 Å². The number of nitrogens with zero attached hydrogens (tertiary/aromatic N) is 1. The van der Waals surface area contributed by atoms with E-state index in [0.717, 1.165) is 0 Å².